The average Bonchev–Trinajstić information content (AvgIpc) is 3.65. The number of fused-ring (bicyclic) bond motifs is 1. The molecule has 0 fully saturated rings. The number of halogens is 3. The third-order valence-electron chi connectivity index (χ3n) is 9.86. The Kier molecular flexibility index (Phi) is 15.0. The predicted octanol–water partition coefficient (Wildman–Crippen LogP) is 12.4. The Morgan fingerprint density at radius 2 is 1.29 bits per heavy atom. The highest BCUT2D eigenvalue weighted by molar-refractivity contribution is 7.86. The lowest BCUT2D eigenvalue weighted by atomic mass is 10.0. The summed E-state index contributed by atoms with van der Waals surface area (Å²) in [5, 5.41) is 47.6. The van der Waals surface area contributed by atoms with E-state index in [1.165, 1.54) is 24.3 Å². The molecule has 26 heteroatoms. The number of aromatic nitrogens is 1. The minimum atomic E-state index is -5.00. The van der Waals surface area contributed by atoms with Gasteiger partial charge in [0.2, 0.25) is 0 Å². The molecule has 0 saturated carbocycles. The van der Waals surface area contributed by atoms with Gasteiger partial charge < -0.3 is 16.0 Å². The van der Waals surface area contributed by atoms with Crippen molar-refractivity contribution in [2.45, 2.75) is 28.0 Å². The molecule has 0 unspecified atom stereocenters. The Labute approximate surface area is 413 Å². The summed E-state index contributed by atoms with van der Waals surface area (Å²) in [7, 11) is -14.6. The number of nitrogens with one attached hydrogen (secondary N) is 3. The van der Waals surface area contributed by atoms with Crippen molar-refractivity contribution < 1.29 is 38.9 Å². The molecule has 7 rings (SSSR count). The van der Waals surface area contributed by atoms with Gasteiger partial charge in [-0.05, 0) is 91.7 Å². The van der Waals surface area contributed by atoms with Crippen LogP contribution in [0.1, 0.15) is 23.1 Å². The van der Waals surface area contributed by atoms with E-state index in [-0.39, 0.29) is 76.7 Å². The van der Waals surface area contributed by atoms with Crippen molar-refractivity contribution in [3.63, 3.8) is 0 Å². The second-order valence-electron chi connectivity index (χ2n) is 14.4. The number of azo groups is 2. The highest BCUT2D eigenvalue weighted by Crippen LogP contribution is 2.49. The fourth-order valence-corrected chi connectivity index (χ4v) is 10.3. The largest absolute Gasteiger partial charge is 0.385 e. The van der Waals surface area contributed by atoms with Crippen molar-refractivity contribution >= 4 is 137 Å². The summed E-state index contributed by atoms with van der Waals surface area (Å²) in [4.78, 5) is 2.63. The van der Waals surface area contributed by atoms with Gasteiger partial charge in [0.05, 0.1) is 16.3 Å². The zero-order chi connectivity index (χ0) is 49.8. The van der Waals surface area contributed by atoms with Crippen molar-refractivity contribution in [2.75, 3.05) is 28.4 Å². The van der Waals surface area contributed by atoms with Crippen LogP contribution in [0.5, 0.6) is 0 Å². The van der Waals surface area contributed by atoms with Crippen LogP contribution >= 0.6 is 46.1 Å². The van der Waals surface area contributed by atoms with Crippen molar-refractivity contribution in [3.8, 4) is 23.3 Å². The lowest BCUT2D eigenvalue weighted by molar-refractivity contribution is 0.481. The van der Waals surface area contributed by atoms with Crippen LogP contribution in [0, 0.1) is 29.6 Å². The number of nitriles is 2. The number of anilines is 5. The molecule has 0 aliphatic carbocycles. The Balaban J connectivity index is 1.40. The first kappa shape index (κ1) is 50.3. The summed E-state index contributed by atoms with van der Waals surface area (Å²) in [5.41, 5.74) is 1.80. The molecule has 69 heavy (non-hydrogen) atoms. The molecule has 352 valence electrons. The molecule has 0 spiro atoms. The molecule has 0 amide bonds. The van der Waals surface area contributed by atoms with Crippen LogP contribution in [0.15, 0.2) is 132 Å². The molecule has 0 aliphatic rings. The number of rotatable bonds is 16. The standard InChI is InChI=1S/C43H31Cl3N10O9S4/c1-23-32(21-47)40(51-28-14-15-34(46)37(19-28)69(63,64)65)52-41(50-27-12-8-25(45)9-13-27)39(23)54-55-42-33(22-48)38(24-6-10-26(11-7-24)49-17-3-16-44)43(66-42)56-53-29-18-31-30(36(20-29)68(60,61)62)4-2-5-35(31)67(57,58)59/h2,4-15,18-20,49H,3,16-17H2,1H3,(H2,50,51,52)(H,57,58,59)(H,60,61,62)(H,63,64,65)/b55-54?,56-53+. The van der Waals surface area contributed by atoms with Gasteiger partial charge in [-0.25, -0.2) is 4.98 Å². The first-order valence-corrected chi connectivity index (χ1v) is 26.0. The number of alkyl halides is 1. The Morgan fingerprint density at radius 3 is 1.93 bits per heavy atom. The molecule has 0 aliphatic heterocycles. The zero-order valence-electron chi connectivity index (χ0n) is 35.0. The van der Waals surface area contributed by atoms with E-state index in [2.05, 4.69) is 53.5 Å². The maximum absolute atomic E-state index is 12.6. The maximum Gasteiger partial charge on any atom is 0.296 e. The topological polar surface area (TPSA) is 309 Å². The van der Waals surface area contributed by atoms with Crippen LogP contribution in [-0.2, 0) is 30.4 Å². The number of hydrogen-bond donors (Lipinski definition) is 6. The number of thiophene rings is 1. The predicted molar refractivity (Wildman–Crippen MR) is 263 cm³/mol. The summed E-state index contributed by atoms with van der Waals surface area (Å²) >= 11 is 18.8. The van der Waals surface area contributed by atoms with Crippen LogP contribution < -0.4 is 16.0 Å². The number of nitrogens with zero attached hydrogens (tertiary/aromatic N) is 7. The molecule has 0 atom stereocenters. The zero-order valence-corrected chi connectivity index (χ0v) is 40.6. The van der Waals surface area contributed by atoms with Crippen LogP contribution in [0.4, 0.5) is 50.1 Å². The number of pyridine rings is 1. The molecule has 0 radical (unpaired) electrons. The van der Waals surface area contributed by atoms with Gasteiger partial charge in [0, 0.05) is 56.4 Å². The molecular weight excluding hydrogens is 1040 g/mol. The van der Waals surface area contributed by atoms with Gasteiger partial charge in [0.15, 0.2) is 16.6 Å². The normalized spacial score (nSPS) is 12.1. The average molecular weight is 1070 g/mol. The smallest absolute Gasteiger partial charge is 0.296 e. The van der Waals surface area contributed by atoms with Crippen molar-refractivity contribution in [2.24, 2.45) is 20.5 Å². The molecule has 0 saturated heterocycles. The van der Waals surface area contributed by atoms with Crippen LogP contribution in [0.3, 0.4) is 0 Å². The molecular formula is C43H31Cl3N10O9S4. The highest BCUT2D eigenvalue weighted by atomic mass is 35.5. The van der Waals surface area contributed by atoms with Gasteiger partial charge in [-0.15, -0.1) is 32.1 Å². The van der Waals surface area contributed by atoms with E-state index in [0.717, 1.165) is 41.3 Å². The first-order valence-electron chi connectivity index (χ1n) is 19.5. The summed E-state index contributed by atoms with van der Waals surface area (Å²) in [6.07, 6.45) is 0.687. The molecule has 6 N–H and O–H groups in total. The van der Waals surface area contributed by atoms with E-state index >= 15 is 0 Å². The molecule has 2 heterocycles. The molecule has 19 nitrogen and oxygen atoms in total. The second-order valence-corrected chi connectivity index (χ2v) is 20.8. The van der Waals surface area contributed by atoms with Gasteiger partial charge in [-0.1, -0.05) is 58.8 Å². The molecule has 5 aromatic carbocycles. The quantitative estimate of drug-likeness (QED) is 0.0227. The van der Waals surface area contributed by atoms with E-state index < -0.39 is 45.0 Å². The van der Waals surface area contributed by atoms with E-state index in [1.807, 2.05) is 0 Å². The van der Waals surface area contributed by atoms with Gasteiger partial charge in [0.25, 0.3) is 30.4 Å². The Morgan fingerprint density at radius 1 is 0.667 bits per heavy atom. The van der Waals surface area contributed by atoms with Crippen molar-refractivity contribution in [1.82, 2.24) is 4.98 Å². The monoisotopic (exact) mass is 1060 g/mol. The number of benzene rings is 5. The lowest BCUT2D eigenvalue weighted by Gasteiger charge is -2.16. The van der Waals surface area contributed by atoms with Gasteiger partial charge in [-0.3, -0.25) is 13.7 Å². The summed E-state index contributed by atoms with van der Waals surface area (Å²) < 4.78 is 104. The Hall–Kier alpha value is -6.61. The van der Waals surface area contributed by atoms with Crippen LogP contribution in [-0.4, -0.2) is 56.3 Å². The third-order valence-corrected chi connectivity index (χ3v) is 14.5. The van der Waals surface area contributed by atoms with Crippen molar-refractivity contribution in [3.05, 3.63) is 124 Å². The van der Waals surface area contributed by atoms with E-state index in [9.17, 15) is 49.4 Å². The molecule has 0 bridgehead atoms. The number of hydrogen-bond acceptors (Lipinski definition) is 17. The Bertz CT molecular complexity index is 3680. The second kappa shape index (κ2) is 20.5. The summed E-state index contributed by atoms with van der Waals surface area (Å²) in [6, 6.07) is 26.8. The molecule has 2 aromatic heterocycles. The van der Waals surface area contributed by atoms with E-state index in [1.54, 1.807) is 55.5 Å². The fraction of sp³-hybridized carbons (Fsp3) is 0.0930. The SMILES string of the molecule is Cc1c(C#N)c(Nc2ccc(Cl)c(S(=O)(=O)O)c2)nc(Nc2ccc(Cl)cc2)c1N=Nc1sc(/N=N/c2cc(S(=O)(=O)O)c3cccc(S(=O)(=O)O)c3c2)c(-c2ccc(NCCCCl)cc2)c1C#N. The minimum Gasteiger partial charge on any atom is -0.385 e. The van der Waals surface area contributed by atoms with Crippen molar-refractivity contribution in [1.29, 1.82) is 10.5 Å². The maximum atomic E-state index is 12.6. The molecule has 7 aromatic rings. The van der Waals surface area contributed by atoms with Gasteiger partial charge >= 0.3 is 0 Å². The minimum absolute atomic E-state index is 0.0136. The van der Waals surface area contributed by atoms with E-state index in [0.29, 0.717) is 35.1 Å². The van der Waals surface area contributed by atoms with Crippen LogP contribution in [0.25, 0.3) is 21.9 Å². The third kappa shape index (κ3) is 11.5. The lowest BCUT2D eigenvalue weighted by Crippen LogP contribution is -2.05. The summed E-state index contributed by atoms with van der Waals surface area (Å²) in [5.74, 6) is 0.392. The summed E-state index contributed by atoms with van der Waals surface area (Å²) in [6.45, 7) is 2.12. The highest BCUT2D eigenvalue weighted by Gasteiger charge is 2.25. The van der Waals surface area contributed by atoms with E-state index in [4.69, 9.17) is 34.8 Å². The van der Waals surface area contributed by atoms with Gasteiger partial charge in [-0.2, -0.15) is 35.8 Å². The van der Waals surface area contributed by atoms with Gasteiger partial charge in [0.1, 0.15) is 43.1 Å². The fourth-order valence-electron chi connectivity index (χ4n) is 6.69. The van der Waals surface area contributed by atoms with Crippen LogP contribution in [0.2, 0.25) is 10.0 Å². The first-order chi connectivity index (χ1) is 32.7.